The van der Waals surface area contributed by atoms with Gasteiger partial charge in [-0.15, -0.1) is 0 Å². The van der Waals surface area contributed by atoms with Crippen molar-refractivity contribution in [2.45, 2.75) is 32.3 Å². The van der Waals surface area contributed by atoms with Gasteiger partial charge in [-0.2, -0.15) is 0 Å². The molecule has 1 aliphatic heterocycles. The Morgan fingerprint density at radius 1 is 1.40 bits per heavy atom. The highest BCUT2D eigenvalue weighted by Gasteiger charge is 2.16. The maximum absolute atomic E-state index is 11.9. The summed E-state index contributed by atoms with van der Waals surface area (Å²) < 4.78 is 5.49. The van der Waals surface area contributed by atoms with Crippen LogP contribution < -0.4 is 10.2 Å². The second-order valence-electron chi connectivity index (χ2n) is 5.10. The average molecular weight is 276 g/mol. The van der Waals surface area contributed by atoms with Gasteiger partial charge in [-0.25, -0.2) is 0 Å². The maximum Gasteiger partial charge on any atom is 0.221 e. The number of rotatable bonds is 7. The molecule has 110 valence electrons. The molecular weight excluding hydrogens is 252 g/mol. The van der Waals surface area contributed by atoms with Gasteiger partial charge in [0.1, 0.15) is 0 Å². The fourth-order valence-electron chi connectivity index (χ4n) is 2.47. The molecule has 1 atom stereocenters. The fraction of sp³-hybridized carbons (Fsp3) is 0.562. The Morgan fingerprint density at radius 2 is 2.20 bits per heavy atom. The van der Waals surface area contributed by atoms with Crippen molar-refractivity contribution in [3.05, 3.63) is 30.3 Å². The molecule has 1 aliphatic rings. The molecule has 20 heavy (non-hydrogen) atoms. The molecule has 0 bridgehead atoms. The van der Waals surface area contributed by atoms with Gasteiger partial charge in [-0.3, -0.25) is 4.79 Å². The summed E-state index contributed by atoms with van der Waals surface area (Å²) in [7, 11) is 0. The van der Waals surface area contributed by atoms with E-state index >= 15 is 0 Å². The van der Waals surface area contributed by atoms with Gasteiger partial charge in [-0.05, 0) is 31.9 Å². The van der Waals surface area contributed by atoms with Gasteiger partial charge in [0.2, 0.25) is 5.91 Å². The Morgan fingerprint density at radius 3 is 2.85 bits per heavy atom. The minimum Gasteiger partial charge on any atom is -0.376 e. The normalized spacial score (nSPS) is 17.9. The van der Waals surface area contributed by atoms with Crippen molar-refractivity contribution < 1.29 is 9.53 Å². The van der Waals surface area contributed by atoms with E-state index in [1.807, 2.05) is 18.2 Å². The topological polar surface area (TPSA) is 41.6 Å². The number of amides is 1. The Labute approximate surface area is 121 Å². The number of nitrogens with one attached hydrogen (secondary N) is 1. The van der Waals surface area contributed by atoms with E-state index in [1.54, 1.807) is 0 Å². The van der Waals surface area contributed by atoms with Crippen LogP contribution in [0, 0.1) is 0 Å². The summed E-state index contributed by atoms with van der Waals surface area (Å²) in [6, 6.07) is 10.2. The second-order valence-corrected chi connectivity index (χ2v) is 5.10. The zero-order chi connectivity index (χ0) is 14.2. The van der Waals surface area contributed by atoms with Crippen LogP contribution >= 0.6 is 0 Å². The number of carbonyl (C=O) groups is 1. The second kappa shape index (κ2) is 7.90. The van der Waals surface area contributed by atoms with Crippen molar-refractivity contribution in [2.24, 2.45) is 0 Å². The van der Waals surface area contributed by atoms with Crippen LogP contribution in [0.3, 0.4) is 0 Å². The molecule has 2 rings (SSSR count). The van der Waals surface area contributed by atoms with Gasteiger partial charge < -0.3 is 15.0 Å². The number of hydrogen-bond donors (Lipinski definition) is 1. The third kappa shape index (κ3) is 4.53. The minimum absolute atomic E-state index is 0.106. The lowest BCUT2D eigenvalue weighted by molar-refractivity contribution is -0.121. The van der Waals surface area contributed by atoms with Crippen LogP contribution in [0.15, 0.2) is 30.3 Å². The van der Waals surface area contributed by atoms with E-state index in [0.29, 0.717) is 13.0 Å². The van der Waals surface area contributed by atoms with E-state index in [2.05, 4.69) is 29.3 Å². The molecule has 1 unspecified atom stereocenters. The van der Waals surface area contributed by atoms with E-state index in [0.717, 1.165) is 32.5 Å². The van der Waals surface area contributed by atoms with Crippen LogP contribution in [0.4, 0.5) is 5.69 Å². The van der Waals surface area contributed by atoms with Crippen molar-refractivity contribution in [1.29, 1.82) is 0 Å². The zero-order valence-electron chi connectivity index (χ0n) is 12.2. The lowest BCUT2D eigenvalue weighted by Crippen LogP contribution is -2.34. The smallest absolute Gasteiger partial charge is 0.221 e. The summed E-state index contributed by atoms with van der Waals surface area (Å²) in [5, 5.41) is 2.96. The molecule has 0 radical (unpaired) electrons. The summed E-state index contributed by atoms with van der Waals surface area (Å²) in [6.45, 7) is 5.24. The first kappa shape index (κ1) is 14.9. The molecule has 1 amide bonds. The number of carbonyl (C=O) groups excluding carboxylic acids is 1. The molecule has 0 spiro atoms. The lowest BCUT2D eigenvalue weighted by atomic mass is 10.2. The Hall–Kier alpha value is -1.55. The molecule has 0 aliphatic carbocycles. The number of hydrogen-bond acceptors (Lipinski definition) is 3. The van der Waals surface area contributed by atoms with E-state index in [1.165, 1.54) is 5.69 Å². The molecule has 1 aromatic carbocycles. The molecule has 1 N–H and O–H groups in total. The summed E-state index contributed by atoms with van der Waals surface area (Å²) in [5.74, 6) is 0.106. The first-order valence-electron chi connectivity index (χ1n) is 7.48. The van der Waals surface area contributed by atoms with Gasteiger partial charge in [0.15, 0.2) is 0 Å². The molecule has 1 aromatic rings. The minimum atomic E-state index is 0.106. The molecule has 4 nitrogen and oxygen atoms in total. The largest absolute Gasteiger partial charge is 0.376 e. The van der Waals surface area contributed by atoms with Crippen LogP contribution in [0.25, 0.3) is 0 Å². The summed E-state index contributed by atoms with van der Waals surface area (Å²) >= 11 is 0. The van der Waals surface area contributed by atoms with Crippen molar-refractivity contribution in [2.75, 3.05) is 31.1 Å². The molecule has 1 heterocycles. The van der Waals surface area contributed by atoms with Crippen molar-refractivity contribution in [3.8, 4) is 0 Å². The monoisotopic (exact) mass is 276 g/mol. The highest BCUT2D eigenvalue weighted by molar-refractivity contribution is 5.76. The van der Waals surface area contributed by atoms with Crippen molar-refractivity contribution in [1.82, 2.24) is 5.32 Å². The van der Waals surface area contributed by atoms with Crippen LogP contribution in [-0.4, -0.2) is 38.3 Å². The van der Waals surface area contributed by atoms with Gasteiger partial charge in [0, 0.05) is 38.3 Å². The van der Waals surface area contributed by atoms with Crippen molar-refractivity contribution in [3.63, 3.8) is 0 Å². The number of para-hydroxylation sites is 1. The van der Waals surface area contributed by atoms with E-state index in [4.69, 9.17) is 4.74 Å². The maximum atomic E-state index is 11.9. The first-order valence-corrected chi connectivity index (χ1v) is 7.48. The zero-order valence-corrected chi connectivity index (χ0v) is 12.2. The van der Waals surface area contributed by atoms with Crippen LogP contribution in [0.5, 0.6) is 0 Å². The van der Waals surface area contributed by atoms with Crippen LogP contribution in [0.1, 0.15) is 26.2 Å². The third-order valence-corrected chi connectivity index (χ3v) is 3.66. The molecule has 4 heteroatoms. The van der Waals surface area contributed by atoms with E-state index in [9.17, 15) is 4.79 Å². The summed E-state index contributed by atoms with van der Waals surface area (Å²) in [5.41, 5.74) is 1.17. The molecule has 0 aromatic heterocycles. The number of benzene rings is 1. The number of anilines is 1. The van der Waals surface area contributed by atoms with E-state index in [-0.39, 0.29) is 12.0 Å². The highest BCUT2D eigenvalue weighted by Crippen LogP contribution is 2.13. The van der Waals surface area contributed by atoms with Gasteiger partial charge >= 0.3 is 0 Å². The van der Waals surface area contributed by atoms with Gasteiger partial charge in [0.25, 0.3) is 0 Å². The Kier molecular flexibility index (Phi) is 5.87. The third-order valence-electron chi connectivity index (χ3n) is 3.66. The van der Waals surface area contributed by atoms with Gasteiger partial charge in [-0.1, -0.05) is 18.2 Å². The standard InChI is InChI=1S/C16H24N2O2/c1-2-18(14-7-4-3-5-8-14)11-10-16(19)17-13-15-9-6-12-20-15/h3-5,7-8,15H,2,6,9-13H2,1H3,(H,17,19). The molecule has 1 fully saturated rings. The molecular formula is C16H24N2O2. The van der Waals surface area contributed by atoms with Crippen LogP contribution in [0.2, 0.25) is 0 Å². The quantitative estimate of drug-likeness (QED) is 0.830. The fourth-order valence-corrected chi connectivity index (χ4v) is 2.47. The Bertz CT molecular complexity index is 402. The first-order chi connectivity index (χ1) is 9.79. The molecule has 0 saturated carbocycles. The Balaban J connectivity index is 1.71. The molecule has 1 saturated heterocycles. The van der Waals surface area contributed by atoms with Crippen LogP contribution in [-0.2, 0) is 9.53 Å². The van der Waals surface area contributed by atoms with Crippen molar-refractivity contribution >= 4 is 11.6 Å². The highest BCUT2D eigenvalue weighted by atomic mass is 16.5. The SMILES string of the molecule is CCN(CCC(=O)NCC1CCCO1)c1ccccc1. The average Bonchev–Trinajstić information content (AvgIpc) is 3.00. The predicted octanol–water partition coefficient (Wildman–Crippen LogP) is 2.20. The van der Waals surface area contributed by atoms with E-state index < -0.39 is 0 Å². The lowest BCUT2D eigenvalue weighted by Gasteiger charge is -2.22. The van der Waals surface area contributed by atoms with Gasteiger partial charge in [0.05, 0.1) is 6.10 Å². The summed E-state index contributed by atoms with van der Waals surface area (Å²) in [4.78, 5) is 14.1. The predicted molar refractivity (Wildman–Crippen MR) is 80.9 cm³/mol. The number of nitrogens with zero attached hydrogens (tertiary/aromatic N) is 1. The summed E-state index contributed by atoms with van der Waals surface area (Å²) in [6.07, 6.45) is 2.91. The number of ether oxygens (including phenoxy) is 1.